The molecule has 3 atom stereocenters. The SMILES string of the molecule is CC1CCCC(CN)(OCCC2CCCCN2C)C1. The average molecular weight is 268 g/mol. The van der Waals surface area contributed by atoms with E-state index in [1.807, 2.05) is 0 Å². The molecule has 0 radical (unpaired) electrons. The minimum Gasteiger partial charge on any atom is -0.374 e. The van der Waals surface area contributed by atoms with E-state index in [1.54, 1.807) is 0 Å². The van der Waals surface area contributed by atoms with Gasteiger partial charge in [-0.3, -0.25) is 0 Å². The monoisotopic (exact) mass is 268 g/mol. The van der Waals surface area contributed by atoms with Gasteiger partial charge < -0.3 is 15.4 Å². The fourth-order valence-electron chi connectivity index (χ4n) is 3.91. The number of likely N-dealkylation sites (tertiary alicyclic amines) is 1. The van der Waals surface area contributed by atoms with Crippen LogP contribution in [0.3, 0.4) is 0 Å². The molecule has 0 amide bonds. The highest BCUT2D eigenvalue weighted by molar-refractivity contribution is 4.88. The zero-order valence-corrected chi connectivity index (χ0v) is 12.9. The molecule has 3 heteroatoms. The topological polar surface area (TPSA) is 38.5 Å². The number of hydrogen-bond acceptors (Lipinski definition) is 3. The van der Waals surface area contributed by atoms with Crippen LogP contribution in [-0.2, 0) is 4.74 Å². The fraction of sp³-hybridized carbons (Fsp3) is 1.00. The molecule has 1 aliphatic heterocycles. The third-order valence-corrected chi connectivity index (χ3v) is 5.20. The van der Waals surface area contributed by atoms with E-state index in [2.05, 4.69) is 18.9 Å². The van der Waals surface area contributed by atoms with Crippen LogP contribution in [0.15, 0.2) is 0 Å². The summed E-state index contributed by atoms with van der Waals surface area (Å²) in [4.78, 5) is 2.51. The van der Waals surface area contributed by atoms with Gasteiger partial charge in [0.05, 0.1) is 5.60 Å². The van der Waals surface area contributed by atoms with Gasteiger partial charge in [-0.25, -0.2) is 0 Å². The zero-order chi connectivity index (χ0) is 13.7. The molecule has 0 aromatic carbocycles. The number of ether oxygens (including phenoxy) is 1. The van der Waals surface area contributed by atoms with E-state index in [-0.39, 0.29) is 5.60 Å². The normalized spacial score (nSPS) is 37.4. The van der Waals surface area contributed by atoms with E-state index in [0.717, 1.165) is 31.4 Å². The van der Waals surface area contributed by atoms with Crippen molar-refractivity contribution >= 4 is 0 Å². The molecule has 112 valence electrons. The summed E-state index contributed by atoms with van der Waals surface area (Å²) in [5.74, 6) is 0.773. The molecule has 2 fully saturated rings. The minimum absolute atomic E-state index is 0.00902. The molecular formula is C16H32N2O. The molecule has 2 aliphatic rings. The Kier molecular flexibility index (Phi) is 5.67. The third kappa shape index (κ3) is 4.17. The summed E-state index contributed by atoms with van der Waals surface area (Å²) in [6.45, 7) is 5.17. The lowest BCUT2D eigenvalue weighted by Crippen LogP contribution is -2.45. The molecule has 3 nitrogen and oxygen atoms in total. The molecule has 3 unspecified atom stereocenters. The molecule has 2 rings (SSSR count). The summed E-state index contributed by atoms with van der Waals surface area (Å²) >= 11 is 0. The summed E-state index contributed by atoms with van der Waals surface area (Å²) in [6, 6.07) is 0.726. The Morgan fingerprint density at radius 3 is 2.79 bits per heavy atom. The maximum atomic E-state index is 6.29. The van der Waals surface area contributed by atoms with Gasteiger partial charge in [0.1, 0.15) is 0 Å². The highest BCUT2D eigenvalue weighted by Crippen LogP contribution is 2.34. The summed E-state index contributed by atoms with van der Waals surface area (Å²) in [6.07, 6.45) is 10.2. The number of rotatable bonds is 5. The first-order chi connectivity index (χ1) is 9.15. The number of nitrogens with zero attached hydrogens (tertiary/aromatic N) is 1. The highest BCUT2D eigenvalue weighted by Gasteiger charge is 2.34. The second-order valence-corrected chi connectivity index (χ2v) is 6.86. The van der Waals surface area contributed by atoms with Crippen LogP contribution in [0.25, 0.3) is 0 Å². The zero-order valence-electron chi connectivity index (χ0n) is 12.9. The molecule has 19 heavy (non-hydrogen) atoms. The van der Waals surface area contributed by atoms with E-state index >= 15 is 0 Å². The second-order valence-electron chi connectivity index (χ2n) is 6.86. The van der Waals surface area contributed by atoms with Gasteiger partial charge in [0.25, 0.3) is 0 Å². The van der Waals surface area contributed by atoms with E-state index in [9.17, 15) is 0 Å². The third-order valence-electron chi connectivity index (χ3n) is 5.20. The van der Waals surface area contributed by atoms with Crippen LogP contribution in [-0.4, -0.2) is 43.3 Å². The van der Waals surface area contributed by atoms with E-state index in [1.165, 1.54) is 45.1 Å². The minimum atomic E-state index is -0.00902. The molecule has 0 aromatic heterocycles. The maximum absolute atomic E-state index is 6.29. The maximum Gasteiger partial charge on any atom is 0.0806 e. The van der Waals surface area contributed by atoms with Crippen molar-refractivity contribution in [1.82, 2.24) is 4.90 Å². The van der Waals surface area contributed by atoms with Gasteiger partial charge in [0.15, 0.2) is 0 Å². The Balaban J connectivity index is 1.76. The Morgan fingerprint density at radius 2 is 2.11 bits per heavy atom. The van der Waals surface area contributed by atoms with Crippen LogP contribution in [0.5, 0.6) is 0 Å². The molecule has 2 N–H and O–H groups in total. The lowest BCUT2D eigenvalue weighted by Gasteiger charge is -2.40. The van der Waals surface area contributed by atoms with Gasteiger partial charge in [-0.05, 0) is 51.6 Å². The Labute approximate surface area is 118 Å². The van der Waals surface area contributed by atoms with Crippen LogP contribution in [0.1, 0.15) is 58.3 Å². The standard InChI is InChI=1S/C16H32N2O/c1-14-6-5-9-16(12-14,13-17)19-11-8-15-7-3-4-10-18(15)2/h14-15H,3-13,17H2,1-2H3. The Morgan fingerprint density at radius 1 is 1.26 bits per heavy atom. The summed E-state index contributed by atoms with van der Waals surface area (Å²) < 4.78 is 6.29. The average Bonchev–Trinajstić information content (AvgIpc) is 2.41. The number of piperidine rings is 1. The first-order valence-electron chi connectivity index (χ1n) is 8.19. The predicted octanol–water partition coefficient (Wildman–Crippen LogP) is 2.79. The quantitative estimate of drug-likeness (QED) is 0.833. The molecule has 0 spiro atoms. The largest absolute Gasteiger partial charge is 0.374 e. The smallest absolute Gasteiger partial charge is 0.0806 e. The lowest BCUT2D eigenvalue weighted by molar-refractivity contribution is -0.0801. The van der Waals surface area contributed by atoms with Gasteiger partial charge in [-0.15, -0.1) is 0 Å². The van der Waals surface area contributed by atoms with Crippen LogP contribution >= 0.6 is 0 Å². The van der Waals surface area contributed by atoms with Crippen molar-refractivity contribution in [3.63, 3.8) is 0 Å². The van der Waals surface area contributed by atoms with Crippen molar-refractivity contribution in [2.75, 3.05) is 26.7 Å². The Bertz CT molecular complexity index is 271. The summed E-state index contributed by atoms with van der Waals surface area (Å²) in [7, 11) is 2.26. The number of nitrogens with two attached hydrogens (primary N) is 1. The summed E-state index contributed by atoms with van der Waals surface area (Å²) in [5, 5.41) is 0. The van der Waals surface area contributed by atoms with E-state index in [0.29, 0.717) is 6.54 Å². The number of hydrogen-bond donors (Lipinski definition) is 1. The van der Waals surface area contributed by atoms with Crippen molar-refractivity contribution in [3.05, 3.63) is 0 Å². The van der Waals surface area contributed by atoms with Gasteiger partial charge in [0, 0.05) is 19.2 Å². The summed E-state index contributed by atoms with van der Waals surface area (Å²) in [5.41, 5.74) is 6.00. The van der Waals surface area contributed by atoms with Crippen molar-refractivity contribution in [3.8, 4) is 0 Å². The highest BCUT2D eigenvalue weighted by atomic mass is 16.5. The molecule has 1 saturated carbocycles. The van der Waals surface area contributed by atoms with Crippen molar-refractivity contribution in [2.45, 2.75) is 69.9 Å². The van der Waals surface area contributed by atoms with Crippen LogP contribution < -0.4 is 5.73 Å². The molecule has 0 aromatic rings. The first kappa shape index (κ1) is 15.3. The molecule has 0 bridgehead atoms. The van der Waals surface area contributed by atoms with Crippen LogP contribution in [0.2, 0.25) is 0 Å². The first-order valence-corrected chi connectivity index (χ1v) is 8.19. The van der Waals surface area contributed by atoms with Gasteiger partial charge in [0.2, 0.25) is 0 Å². The fourth-order valence-corrected chi connectivity index (χ4v) is 3.91. The Hall–Kier alpha value is -0.120. The van der Waals surface area contributed by atoms with Gasteiger partial charge in [-0.1, -0.05) is 26.2 Å². The van der Waals surface area contributed by atoms with E-state index < -0.39 is 0 Å². The van der Waals surface area contributed by atoms with Crippen LogP contribution in [0, 0.1) is 5.92 Å². The van der Waals surface area contributed by atoms with Gasteiger partial charge >= 0.3 is 0 Å². The molecule has 1 saturated heterocycles. The molecular weight excluding hydrogens is 236 g/mol. The second kappa shape index (κ2) is 7.05. The molecule has 1 heterocycles. The van der Waals surface area contributed by atoms with Crippen LogP contribution in [0.4, 0.5) is 0 Å². The lowest BCUT2D eigenvalue weighted by atomic mass is 9.79. The van der Waals surface area contributed by atoms with Crippen molar-refractivity contribution in [1.29, 1.82) is 0 Å². The molecule has 1 aliphatic carbocycles. The van der Waals surface area contributed by atoms with Gasteiger partial charge in [-0.2, -0.15) is 0 Å². The predicted molar refractivity (Wildman–Crippen MR) is 80.3 cm³/mol. The van der Waals surface area contributed by atoms with E-state index in [4.69, 9.17) is 10.5 Å². The van der Waals surface area contributed by atoms with Crippen molar-refractivity contribution < 1.29 is 4.74 Å². The van der Waals surface area contributed by atoms with Crippen molar-refractivity contribution in [2.24, 2.45) is 11.7 Å².